The minimum Gasteiger partial charge on any atom is -0.390 e. The highest BCUT2D eigenvalue weighted by Crippen LogP contribution is 1.98. The van der Waals surface area contributed by atoms with Crippen molar-refractivity contribution in [1.29, 1.82) is 0 Å². The summed E-state index contributed by atoms with van der Waals surface area (Å²) in [6.07, 6.45) is 0.560. The molecular weight excluding hydrogens is 175 g/mol. The van der Waals surface area contributed by atoms with Gasteiger partial charge in [-0.25, -0.2) is 0 Å². The first-order chi connectivity index (χ1) is 3.80. The molecule has 0 radical (unpaired) electrons. The lowest BCUT2D eigenvalue weighted by atomic mass is 10.1. The third-order valence-corrected chi connectivity index (χ3v) is 1.50. The Bertz CT molecular complexity index is 74.0. The third kappa shape index (κ3) is 3.58. The van der Waals surface area contributed by atoms with Crippen molar-refractivity contribution >= 4 is 24.8 Å². The van der Waals surface area contributed by atoms with Crippen LogP contribution in [0.5, 0.6) is 0 Å². The molecule has 1 aliphatic heterocycles. The van der Waals surface area contributed by atoms with E-state index in [4.69, 9.17) is 10.8 Å². The maximum atomic E-state index is 8.99. The zero-order valence-corrected chi connectivity index (χ0v) is 7.25. The first kappa shape index (κ1) is 13.1. The van der Waals surface area contributed by atoms with Crippen molar-refractivity contribution in [2.75, 3.05) is 13.1 Å². The summed E-state index contributed by atoms with van der Waals surface area (Å²) >= 11 is 0. The number of aliphatic hydroxyl groups excluding tert-OH is 1. The molecule has 0 saturated carbocycles. The van der Waals surface area contributed by atoms with Crippen molar-refractivity contribution in [1.82, 2.24) is 5.32 Å². The summed E-state index contributed by atoms with van der Waals surface area (Å²) in [7, 11) is 0. The number of aliphatic hydroxyl groups is 1. The normalized spacial score (nSPS) is 31.8. The fraction of sp³-hybridized carbons (Fsp3) is 1.00. The molecule has 0 aromatic carbocycles. The van der Waals surface area contributed by atoms with E-state index in [0.29, 0.717) is 6.54 Å². The molecule has 2 unspecified atom stereocenters. The van der Waals surface area contributed by atoms with E-state index < -0.39 is 0 Å². The Morgan fingerprint density at radius 1 is 1.40 bits per heavy atom. The average molecular weight is 189 g/mol. The van der Waals surface area contributed by atoms with Gasteiger partial charge in [-0.2, -0.15) is 0 Å². The van der Waals surface area contributed by atoms with Crippen LogP contribution in [-0.2, 0) is 0 Å². The lowest BCUT2D eigenvalue weighted by Gasteiger charge is -2.24. The van der Waals surface area contributed by atoms with Gasteiger partial charge in [-0.3, -0.25) is 0 Å². The van der Waals surface area contributed by atoms with Gasteiger partial charge in [0, 0.05) is 12.6 Å². The monoisotopic (exact) mass is 188 g/mol. The predicted octanol–water partition coefficient (Wildman–Crippen LogP) is -0.489. The third-order valence-electron chi connectivity index (χ3n) is 1.50. The fourth-order valence-corrected chi connectivity index (χ4v) is 0.862. The predicted molar refractivity (Wildman–Crippen MR) is 46.0 cm³/mol. The summed E-state index contributed by atoms with van der Waals surface area (Å²) in [4.78, 5) is 0. The van der Waals surface area contributed by atoms with Crippen LogP contribution in [0.1, 0.15) is 6.42 Å². The smallest absolute Gasteiger partial charge is 0.0815 e. The summed E-state index contributed by atoms with van der Waals surface area (Å²) in [5.74, 6) is 0. The van der Waals surface area contributed by atoms with Crippen molar-refractivity contribution in [2.45, 2.75) is 18.6 Å². The van der Waals surface area contributed by atoms with Gasteiger partial charge >= 0.3 is 0 Å². The molecular formula is C5H14Cl2N2O. The van der Waals surface area contributed by atoms with Crippen LogP contribution in [-0.4, -0.2) is 30.3 Å². The summed E-state index contributed by atoms with van der Waals surface area (Å²) < 4.78 is 0. The lowest BCUT2D eigenvalue weighted by Crippen LogP contribution is -2.48. The molecule has 1 fully saturated rings. The van der Waals surface area contributed by atoms with E-state index in [1.165, 1.54) is 0 Å². The van der Waals surface area contributed by atoms with Crippen LogP contribution in [0.4, 0.5) is 0 Å². The summed E-state index contributed by atoms with van der Waals surface area (Å²) in [5, 5.41) is 12.0. The van der Waals surface area contributed by atoms with Gasteiger partial charge in [0.25, 0.3) is 0 Å². The van der Waals surface area contributed by atoms with Crippen LogP contribution >= 0.6 is 24.8 Å². The molecule has 1 saturated heterocycles. The van der Waals surface area contributed by atoms with Gasteiger partial charge in [0.1, 0.15) is 0 Å². The van der Waals surface area contributed by atoms with Crippen molar-refractivity contribution < 1.29 is 5.11 Å². The Kier molecular flexibility index (Phi) is 8.09. The topological polar surface area (TPSA) is 58.3 Å². The number of nitrogens with one attached hydrogen (secondary N) is 1. The highest BCUT2D eigenvalue weighted by molar-refractivity contribution is 5.85. The molecule has 1 aliphatic rings. The summed E-state index contributed by atoms with van der Waals surface area (Å²) in [6.45, 7) is 1.60. The largest absolute Gasteiger partial charge is 0.390 e. The number of hydrogen-bond acceptors (Lipinski definition) is 3. The van der Waals surface area contributed by atoms with Gasteiger partial charge < -0.3 is 16.2 Å². The molecule has 5 heteroatoms. The molecule has 0 amide bonds. The molecule has 3 nitrogen and oxygen atoms in total. The maximum Gasteiger partial charge on any atom is 0.0815 e. The molecule has 0 aromatic heterocycles. The number of β-amino-alcohol motifs (C(OH)–C–C–N with tert-alkyl or cyclic N) is 1. The van der Waals surface area contributed by atoms with Crippen molar-refractivity contribution in [2.24, 2.45) is 5.73 Å². The van der Waals surface area contributed by atoms with Gasteiger partial charge in [0.05, 0.1) is 6.10 Å². The van der Waals surface area contributed by atoms with Crippen LogP contribution in [0, 0.1) is 0 Å². The molecule has 0 aromatic rings. The van der Waals surface area contributed by atoms with E-state index in [1.807, 2.05) is 0 Å². The zero-order valence-electron chi connectivity index (χ0n) is 5.62. The molecule has 0 spiro atoms. The van der Waals surface area contributed by atoms with Crippen LogP contribution in [0.25, 0.3) is 0 Å². The average Bonchev–Trinajstić information content (AvgIpc) is 1.77. The van der Waals surface area contributed by atoms with Crippen LogP contribution in [0.15, 0.2) is 0 Å². The van der Waals surface area contributed by atoms with Crippen LogP contribution in [0.3, 0.4) is 0 Å². The fourth-order valence-electron chi connectivity index (χ4n) is 0.862. The number of rotatable bonds is 0. The molecule has 2 atom stereocenters. The van der Waals surface area contributed by atoms with Crippen LogP contribution in [0.2, 0.25) is 0 Å². The Morgan fingerprint density at radius 2 is 2.00 bits per heavy atom. The quantitative estimate of drug-likeness (QED) is 0.482. The minimum atomic E-state index is -0.330. The van der Waals surface area contributed by atoms with Gasteiger partial charge in [-0.1, -0.05) is 0 Å². The van der Waals surface area contributed by atoms with E-state index in [1.54, 1.807) is 0 Å². The van der Waals surface area contributed by atoms with E-state index in [-0.39, 0.29) is 37.0 Å². The zero-order chi connectivity index (χ0) is 5.98. The number of halogens is 2. The highest BCUT2D eigenvalue weighted by Gasteiger charge is 2.17. The summed E-state index contributed by atoms with van der Waals surface area (Å²) in [5.41, 5.74) is 5.49. The summed E-state index contributed by atoms with van der Waals surface area (Å²) in [6, 6.07) is -0.00347. The molecule has 0 aliphatic carbocycles. The lowest BCUT2D eigenvalue weighted by molar-refractivity contribution is 0.120. The Hall–Kier alpha value is 0.460. The van der Waals surface area contributed by atoms with Crippen molar-refractivity contribution in [3.05, 3.63) is 0 Å². The second-order valence-corrected chi connectivity index (χ2v) is 2.22. The van der Waals surface area contributed by atoms with Crippen molar-refractivity contribution in [3.8, 4) is 0 Å². The number of piperidine rings is 1. The molecule has 0 bridgehead atoms. The van der Waals surface area contributed by atoms with Gasteiger partial charge in [0.15, 0.2) is 0 Å². The maximum absolute atomic E-state index is 8.99. The minimum absolute atomic E-state index is 0. The van der Waals surface area contributed by atoms with E-state index in [9.17, 15) is 0 Å². The molecule has 1 heterocycles. The molecule has 10 heavy (non-hydrogen) atoms. The van der Waals surface area contributed by atoms with E-state index in [2.05, 4.69) is 5.32 Å². The van der Waals surface area contributed by atoms with Gasteiger partial charge in [0.2, 0.25) is 0 Å². The Labute approximate surface area is 73.2 Å². The number of hydrogen-bond donors (Lipinski definition) is 3. The standard InChI is InChI=1S/C5H12N2O.2ClH/c6-4-1-2-7-3-5(4)8;;/h4-5,7-8H,1-3,6H2;2*1H. The SMILES string of the molecule is Cl.Cl.NC1CCNCC1O. The van der Waals surface area contributed by atoms with E-state index in [0.717, 1.165) is 13.0 Å². The first-order valence-corrected chi connectivity index (χ1v) is 2.95. The van der Waals surface area contributed by atoms with Gasteiger partial charge in [-0.05, 0) is 13.0 Å². The molecule has 4 N–H and O–H groups in total. The molecule has 64 valence electrons. The van der Waals surface area contributed by atoms with Crippen molar-refractivity contribution in [3.63, 3.8) is 0 Å². The Morgan fingerprint density at radius 3 is 2.30 bits per heavy atom. The van der Waals surface area contributed by atoms with Gasteiger partial charge in [-0.15, -0.1) is 24.8 Å². The number of nitrogens with two attached hydrogens (primary N) is 1. The Balaban J connectivity index is 0. The second kappa shape index (κ2) is 6.19. The van der Waals surface area contributed by atoms with E-state index >= 15 is 0 Å². The second-order valence-electron chi connectivity index (χ2n) is 2.22. The first-order valence-electron chi connectivity index (χ1n) is 2.95. The molecule has 1 rings (SSSR count). The van der Waals surface area contributed by atoms with Crippen LogP contribution < -0.4 is 11.1 Å². The highest BCUT2D eigenvalue weighted by atomic mass is 35.5.